The van der Waals surface area contributed by atoms with Crippen LogP contribution < -0.4 is 10.0 Å². The first-order valence-corrected chi connectivity index (χ1v) is 9.98. The molecule has 0 spiro atoms. The highest BCUT2D eigenvalue weighted by atomic mass is 32.2. The molecule has 6 nitrogen and oxygen atoms in total. The Kier molecular flexibility index (Phi) is 5.73. The van der Waals surface area contributed by atoms with Gasteiger partial charge in [-0.2, -0.15) is 0 Å². The molecule has 0 radical (unpaired) electrons. The van der Waals surface area contributed by atoms with Crippen LogP contribution in [0.4, 0.5) is 5.69 Å². The molecule has 2 N–H and O–H groups in total. The first kappa shape index (κ1) is 18.9. The highest BCUT2D eigenvalue weighted by Gasteiger charge is 2.15. The van der Waals surface area contributed by atoms with E-state index in [2.05, 4.69) is 17.0 Å². The monoisotopic (exact) mass is 384 g/mol. The molecule has 1 aromatic heterocycles. The Balaban J connectivity index is 1.65. The van der Waals surface area contributed by atoms with Crippen LogP contribution in [-0.2, 0) is 23.0 Å². The van der Waals surface area contributed by atoms with Gasteiger partial charge < -0.3 is 9.73 Å². The van der Waals surface area contributed by atoms with Crippen molar-refractivity contribution >= 4 is 21.6 Å². The van der Waals surface area contributed by atoms with Crippen molar-refractivity contribution in [2.75, 3.05) is 5.32 Å². The van der Waals surface area contributed by atoms with Gasteiger partial charge in [-0.1, -0.05) is 19.1 Å². The number of hydrogen-bond donors (Lipinski definition) is 2. The SMILES string of the molecule is CCc1ccc(NC(=O)c2ccc(S(=O)(=O)NCc3ccco3)cc2)cc1. The number of hydrogen-bond acceptors (Lipinski definition) is 4. The number of rotatable bonds is 7. The smallest absolute Gasteiger partial charge is 0.255 e. The predicted molar refractivity (Wildman–Crippen MR) is 103 cm³/mol. The van der Waals surface area contributed by atoms with Gasteiger partial charge in [0.15, 0.2) is 0 Å². The first-order valence-electron chi connectivity index (χ1n) is 8.50. The number of benzene rings is 2. The second kappa shape index (κ2) is 8.20. The van der Waals surface area contributed by atoms with Crippen LogP contribution in [0.3, 0.4) is 0 Å². The van der Waals surface area contributed by atoms with Crippen molar-refractivity contribution < 1.29 is 17.6 Å². The molecule has 0 aliphatic carbocycles. The predicted octanol–water partition coefficient (Wildman–Crippen LogP) is 3.57. The Hall–Kier alpha value is -2.90. The zero-order valence-electron chi connectivity index (χ0n) is 14.8. The minimum atomic E-state index is -3.69. The maximum absolute atomic E-state index is 12.3. The highest BCUT2D eigenvalue weighted by molar-refractivity contribution is 7.89. The van der Waals surface area contributed by atoms with Gasteiger partial charge in [0.2, 0.25) is 10.0 Å². The van der Waals surface area contributed by atoms with Crippen LogP contribution in [0.15, 0.2) is 76.2 Å². The molecule has 3 aromatic rings. The molecule has 0 unspecified atom stereocenters. The third kappa shape index (κ3) is 4.84. The van der Waals surface area contributed by atoms with E-state index in [1.54, 1.807) is 12.1 Å². The summed E-state index contributed by atoms with van der Waals surface area (Å²) in [6.07, 6.45) is 2.41. The van der Waals surface area contributed by atoms with E-state index in [1.807, 2.05) is 24.3 Å². The summed E-state index contributed by atoms with van der Waals surface area (Å²) >= 11 is 0. The summed E-state index contributed by atoms with van der Waals surface area (Å²) < 4.78 is 32.2. The summed E-state index contributed by atoms with van der Waals surface area (Å²) in [7, 11) is -3.69. The van der Waals surface area contributed by atoms with E-state index in [1.165, 1.54) is 36.1 Å². The molecule has 0 atom stereocenters. The Morgan fingerprint density at radius 2 is 1.70 bits per heavy atom. The quantitative estimate of drug-likeness (QED) is 0.652. The molecule has 27 heavy (non-hydrogen) atoms. The zero-order valence-corrected chi connectivity index (χ0v) is 15.6. The molecule has 0 aliphatic heterocycles. The van der Waals surface area contributed by atoms with Gasteiger partial charge >= 0.3 is 0 Å². The lowest BCUT2D eigenvalue weighted by Gasteiger charge is -2.08. The van der Waals surface area contributed by atoms with Gasteiger partial charge in [0, 0.05) is 11.3 Å². The Morgan fingerprint density at radius 1 is 1.00 bits per heavy atom. The second-order valence-electron chi connectivity index (χ2n) is 5.93. The minimum absolute atomic E-state index is 0.0608. The fraction of sp³-hybridized carbons (Fsp3) is 0.150. The summed E-state index contributed by atoms with van der Waals surface area (Å²) in [5.41, 5.74) is 2.25. The number of carbonyl (C=O) groups is 1. The lowest BCUT2D eigenvalue weighted by atomic mass is 10.1. The molecule has 7 heteroatoms. The van der Waals surface area contributed by atoms with E-state index < -0.39 is 10.0 Å². The van der Waals surface area contributed by atoms with Crippen LogP contribution in [0.1, 0.15) is 28.6 Å². The maximum Gasteiger partial charge on any atom is 0.255 e. The molecule has 3 rings (SSSR count). The maximum atomic E-state index is 12.3. The van der Waals surface area contributed by atoms with E-state index >= 15 is 0 Å². The number of anilines is 1. The average molecular weight is 384 g/mol. The normalized spacial score (nSPS) is 11.3. The standard InChI is InChI=1S/C20H20N2O4S/c1-2-15-5-9-17(10-6-15)22-20(23)16-7-11-19(12-8-16)27(24,25)21-14-18-4-3-13-26-18/h3-13,21H,2,14H2,1H3,(H,22,23). The van der Waals surface area contributed by atoms with E-state index in [-0.39, 0.29) is 17.3 Å². The molecule has 0 saturated heterocycles. The van der Waals surface area contributed by atoms with Gasteiger partial charge in [0.25, 0.3) is 5.91 Å². The van der Waals surface area contributed by atoms with Crippen molar-refractivity contribution in [3.63, 3.8) is 0 Å². The molecular weight excluding hydrogens is 364 g/mol. The molecule has 140 valence electrons. The topological polar surface area (TPSA) is 88.4 Å². The Labute approximate surface area is 158 Å². The highest BCUT2D eigenvalue weighted by Crippen LogP contribution is 2.15. The van der Waals surface area contributed by atoms with Crippen LogP contribution >= 0.6 is 0 Å². The largest absolute Gasteiger partial charge is 0.468 e. The average Bonchev–Trinajstić information content (AvgIpc) is 3.21. The van der Waals surface area contributed by atoms with Gasteiger partial charge in [-0.3, -0.25) is 4.79 Å². The number of sulfonamides is 1. The number of carbonyl (C=O) groups excluding carboxylic acids is 1. The van der Waals surface area contributed by atoms with E-state index in [4.69, 9.17) is 4.42 Å². The molecule has 1 amide bonds. The number of furan rings is 1. The van der Waals surface area contributed by atoms with Crippen LogP contribution in [0, 0.1) is 0 Å². The summed E-state index contributed by atoms with van der Waals surface area (Å²) in [5, 5.41) is 2.80. The number of aryl methyl sites for hydroxylation is 1. The fourth-order valence-electron chi connectivity index (χ4n) is 2.48. The van der Waals surface area contributed by atoms with Gasteiger partial charge in [0.1, 0.15) is 5.76 Å². The molecule has 2 aromatic carbocycles. The first-order chi connectivity index (χ1) is 13.0. The lowest BCUT2D eigenvalue weighted by molar-refractivity contribution is 0.102. The van der Waals surface area contributed by atoms with Crippen LogP contribution in [-0.4, -0.2) is 14.3 Å². The third-order valence-electron chi connectivity index (χ3n) is 4.06. The van der Waals surface area contributed by atoms with Gasteiger partial charge in [0.05, 0.1) is 17.7 Å². The van der Waals surface area contributed by atoms with Crippen LogP contribution in [0.25, 0.3) is 0 Å². The Morgan fingerprint density at radius 3 is 2.30 bits per heavy atom. The summed E-state index contributed by atoms with van der Waals surface area (Å²) in [5.74, 6) is 0.218. The molecule has 1 heterocycles. The summed E-state index contributed by atoms with van der Waals surface area (Å²) in [6, 6.07) is 16.7. The van der Waals surface area contributed by atoms with Crippen molar-refractivity contribution in [3.05, 3.63) is 83.8 Å². The van der Waals surface area contributed by atoms with Crippen molar-refractivity contribution in [2.45, 2.75) is 24.8 Å². The molecule has 0 fully saturated rings. The fourth-order valence-corrected chi connectivity index (χ4v) is 3.47. The van der Waals surface area contributed by atoms with E-state index in [9.17, 15) is 13.2 Å². The number of amides is 1. The minimum Gasteiger partial charge on any atom is -0.468 e. The molecule has 0 bridgehead atoms. The molecule has 0 aliphatic rings. The summed E-state index contributed by atoms with van der Waals surface area (Å²) in [6.45, 7) is 2.12. The lowest BCUT2D eigenvalue weighted by Crippen LogP contribution is -2.23. The van der Waals surface area contributed by atoms with Crippen LogP contribution in [0.2, 0.25) is 0 Å². The molecule has 0 saturated carbocycles. The summed E-state index contributed by atoms with van der Waals surface area (Å²) in [4.78, 5) is 12.4. The number of nitrogens with one attached hydrogen (secondary N) is 2. The zero-order chi connectivity index (χ0) is 19.3. The van der Waals surface area contributed by atoms with Crippen LogP contribution in [0.5, 0.6) is 0 Å². The van der Waals surface area contributed by atoms with Crippen molar-refractivity contribution in [3.8, 4) is 0 Å². The third-order valence-corrected chi connectivity index (χ3v) is 5.48. The van der Waals surface area contributed by atoms with E-state index in [0.717, 1.165) is 6.42 Å². The second-order valence-corrected chi connectivity index (χ2v) is 7.70. The van der Waals surface area contributed by atoms with Crippen molar-refractivity contribution in [1.82, 2.24) is 4.72 Å². The van der Waals surface area contributed by atoms with Crippen molar-refractivity contribution in [2.24, 2.45) is 0 Å². The van der Waals surface area contributed by atoms with Gasteiger partial charge in [-0.05, 0) is 60.5 Å². The van der Waals surface area contributed by atoms with Crippen molar-refractivity contribution in [1.29, 1.82) is 0 Å². The van der Waals surface area contributed by atoms with Gasteiger partial charge in [-0.15, -0.1) is 0 Å². The molecular formula is C20H20N2O4S. The van der Waals surface area contributed by atoms with Gasteiger partial charge in [-0.25, -0.2) is 13.1 Å². The van der Waals surface area contributed by atoms with E-state index in [0.29, 0.717) is 17.0 Å². The Bertz CT molecular complexity index is 993.